The van der Waals surface area contributed by atoms with Gasteiger partial charge < -0.3 is 4.74 Å². The molecule has 0 saturated carbocycles. The predicted octanol–water partition coefficient (Wildman–Crippen LogP) is 3.52. The maximum Gasteiger partial charge on any atom is 0.194 e. The summed E-state index contributed by atoms with van der Waals surface area (Å²) < 4.78 is 31.5. The highest BCUT2D eigenvalue weighted by Gasteiger charge is 2.26. The lowest BCUT2D eigenvalue weighted by Gasteiger charge is -2.08. The summed E-state index contributed by atoms with van der Waals surface area (Å²) in [5.41, 5.74) is -0.133. The number of ketones is 1. The monoisotopic (exact) mass is 293 g/mol. The second kappa shape index (κ2) is 5.80. The van der Waals surface area contributed by atoms with Crippen LogP contribution in [0.2, 0.25) is 0 Å². The second-order valence-electron chi connectivity index (χ2n) is 3.94. The Morgan fingerprint density at radius 3 is 2.70 bits per heavy atom. The van der Waals surface area contributed by atoms with Gasteiger partial charge in [0.15, 0.2) is 5.78 Å². The molecular weight excluding hydrogens is 284 g/mol. The topological polar surface area (TPSA) is 50.1 Å². The van der Waals surface area contributed by atoms with Crippen LogP contribution in [0.25, 0.3) is 0 Å². The van der Waals surface area contributed by atoms with Crippen LogP contribution >= 0.6 is 11.3 Å². The number of halogens is 2. The third kappa shape index (κ3) is 2.68. The molecule has 1 aromatic carbocycles. The van der Waals surface area contributed by atoms with Gasteiger partial charge in [-0.15, -0.1) is 11.3 Å². The average molecular weight is 293 g/mol. The molecule has 0 aliphatic rings. The van der Waals surface area contributed by atoms with E-state index in [0.717, 1.165) is 23.5 Å². The van der Waals surface area contributed by atoms with Crippen molar-refractivity contribution in [3.8, 4) is 11.8 Å². The minimum atomic E-state index is -1.31. The predicted molar refractivity (Wildman–Crippen MR) is 69.9 cm³/mol. The van der Waals surface area contributed by atoms with E-state index in [1.54, 1.807) is 11.4 Å². The molecule has 6 heteroatoms. The Morgan fingerprint density at radius 2 is 2.15 bits per heavy atom. The van der Waals surface area contributed by atoms with Gasteiger partial charge in [-0.05, 0) is 6.07 Å². The summed E-state index contributed by atoms with van der Waals surface area (Å²) in [6.07, 6.45) is 0. The minimum absolute atomic E-state index is 0.133. The van der Waals surface area contributed by atoms with Gasteiger partial charge in [-0.2, -0.15) is 5.26 Å². The van der Waals surface area contributed by atoms with Gasteiger partial charge in [0.05, 0.1) is 18.1 Å². The molecule has 102 valence electrons. The van der Waals surface area contributed by atoms with Gasteiger partial charge in [0.25, 0.3) is 0 Å². The summed E-state index contributed by atoms with van der Waals surface area (Å²) in [4.78, 5) is 12.5. The zero-order valence-electron chi connectivity index (χ0n) is 10.4. The van der Waals surface area contributed by atoms with Crippen molar-refractivity contribution in [2.24, 2.45) is 0 Å². The van der Waals surface area contributed by atoms with E-state index in [1.807, 2.05) is 0 Å². The number of nitriles is 1. The highest BCUT2D eigenvalue weighted by atomic mass is 32.1. The number of carbonyl (C=O) groups is 1. The Balaban J connectivity index is 2.37. The number of hydrogen-bond donors (Lipinski definition) is 0. The number of nitrogens with zero attached hydrogens (tertiary/aromatic N) is 1. The smallest absolute Gasteiger partial charge is 0.194 e. The number of benzene rings is 1. The van der Waals surface area contributed by atoms with E-state index in [0.29, 0.717) is 11.8 Å². The number of hydrogen-bond acceptors (Lipinski definition) is 4. The molecule has 0 aliphatic carbocycles. The normalized spacial score (nSPS) is 11.7. The highest BCUT2D eigenvalue weighted by Crippen LogP contribution is 2.29. The van der Waals surface area contributed by atoms with E-state index >= 15 is 0 Å². The Labute approximate surface area is 118 Å². The van der Waals surface area contributed by atoms with Crippen LogP contribution in [0.5, 0.6) is 5.75 Å². The van der Waals surface area contributed by atoms with Gasteiger partial charge in [-0.3, -0.25) is 4.79 Å². The van der Waals surface area contributed by atoms with Crippen LogP contribution in [-0.2, 0) is 0 Å². The van der Waals surface area contributed by atoms with Crippen molar-refractivity contribution in [3.05, 3.63) is 51.7 Å². The number of Topliss-reactive ketones (excluding diaryl/α,β-unsaturated/α-hetero) is 1. The van der Waals surface area contributed by atoms with Crippen molar-refractivity contribution in [1.82, 2.24) is 0 Å². The highest BCUT2D eigenvalue weighted by molar-refractivity contribution is 7.12. The van der Waals surface area contributed by atoms with E-state index in [1.165, 1.54) is 13.2 Å². The van der Waals surface area contributed by atoms with Crippen LogP contribution in [0, 0.1) is 23.0 Å². The Morgan fingerprint density at radius 1 is 1.40 bits per heavy atom. The summed E-state index contributed by atoms with van der Waals surface area (Å²) in [5.74, 6) is -3.01. The van der Waals surface area contributed by atoms with Crippen LogP contribution in [0.4, 0.5) is 8.78 Å². The number of carbonyl (C=O) groups excluding carboxylic acids is 1. The van der Waals surface area contributed by atoms with Crippen molar-refractivity contribution in [1.29, 1.82) is 5.26 Å². The number of thiophene rings is 1. The Kier molecular flexibility index (Phi) is 4.11. The number of ether oxygens (including phenoxy) is 1. The first-order chi connectivity index (χ1) is 9.56. The van der Waals surface area contributed by atoms with Crippen molar-refractivity contribution >= 4 is 17.1 Å². The third-order valence-electron chi connectivity index (χ3n) is 2.72. The molecule has 1 heterocycles. The molecule has 0 fully saturated rings. The fourth-order valence-corrected chi connectivity index (χ4v) is 2.53. The van der Waals surface area contributed by atoms with Gasteiger partial charge in [0.1, 0.15) is 23.3 Å². The van der Waals surface area contributed by atoms with Crippen molar-refractivity contribution in [2.75, 3.05) is 7.11 Å². The summed E-state index contributed by atoms with van der Waals surface area (Å²) in [6.45, 7) is 0. The first kappa shape index (κ1) is 14.2. The van der Waals surface area contributed by atoms with Crippen LogP contribution in [-0.4, -0.2) is 12.9 Å². The average Bonchev–Trinajstić information content (AvgIpc) is 2.90. The minimum Gasteiger partial charge on any atom is -0.496 e. The van der Waals surface area contributed by atoms with E-state index in [2.05, 4.69) is 0 Å². The molecule has 1 aromatic heterocycles. The maximum absolute atomic E-state index is 13.7. The summed E-state index contributed by atoms with van der Waals surface area (Å²) >= 11 is 1.11. The summed E-state index contributed by atoms with van der Waals surface area (Å²) in [6, 6.07) is 6.03. The molecule has 0 aliphatic heterocycles. The quantitative estimate of drug-likeness (QED) is 0.810. The van der Waals surface area contributed by atoms with Gasteiger partial charge in [-0.25, -0.2) is 8.78 Å². The van der Waals surface area contributed by atoms with E-state index in [-0.39, 0.29) is 10.4 Å². The van der Waals surface area contributed by atoms with E-state index in [9.17, 15) is 13.6 Å². The molecular formula is C14H9F2NO2S. The lowest BCUT2D eigenvalue weighted by molar-refractivity contribution is 0.0981. The second-order valence-corrected chi connectivity index (χ2v) is 4.85. The standard InChI is InChI=1S/C14H9F2NO2S/c1-19-9-5-13(20-7-9)14(18)11(6-17)10-3-2-8(15)4-12(10)16/h2-5,7,11H,1H3. The molecule has 0 bridgehead atoms. The summed E-state index contributed by atoms with van der Waals surface area (Å²) in [7, 11) is 1.46. The molecule has 0 radical (unpaired) electrons. The van der Waals surface area contributed by atoms with Crippen LogP contribution < -0.4 is 4.74 Å². The van der Waals surface area contributed by atoms with Crippen molar-refractivity contribution in [2.45, 2.75) is 5.92 Å². The van der Waals surface area contributed by atoms with Gasteiger partial charge in [-0.1, -0.05) is 6.07 Å². The molecule has 0 spiro atoms. The first-order valence-electron chi connectivity index (χ1n) is 5.58. The van der Waals surface area contributed by atoms with Crippen molar-refractivity contribution < 1.29 is 18.3 Å². The molecule has 3 nitrogen and oxygen atoms in total. The lowest BCUT2D eigenvalue weighted by Crippen LogP contribution is -2.11. The molecule has 0 N–H and O–H groups in total. The largest absolute Gasteiger partial charge is 0.496 e. The maximum atomic E-state index is 13.7. The Bertz CT molecular complexity index is 691. The number of rotatable bonds is 4. The lowest BCUT2D eigenvalue weighted by atomic mass is 9.94. The molecule has 2 aromatic rings. The third-order valence-corrected chi connectivity index (χ3v) is 3.64. The molecule has 20 heavy (non-hydrogen) atoms. The van der Waals surface area contributed by atoms with Crippen LogP contribution in [0.15, 0.2) is 29.6 Å². The SMILES string of the molecule is COc1csc(C(=O)C(C#N)c2ccc(F)cc2F)c1. The van der Waals surface area contributed by atoms with E-state index in [4.69, 9.17) is 10.00 Å². The first-order valence-corrected chi connectivity index (χ1v) is 6.46. The molecule has 1 atom stereocenters. The van der Waals surface area contributed by atoms with Gasteiger partial charge in [0, 0.05) is 23.1 Å². The Hall–Kier alpha value is -2.26. The summed E-state index contributed by atoms with van der Waals surface area (Å²) in [5, 5.41) is 10.7. The molecule has 0 saturated heterocycles. The fourth-order valence-electron chi connectivity index (χ4n) is 1.70. The van der Waals surface area contributed by atoms with Crippen LogP contribution in [0.3, 0.4) is 0 Å². The zero-order chi connectivity index (χ0) is 14.7. The molecule has 1 unspecified atom stereocenters. The molecule has 2 rings (SSSR count). The van der Waals surface area contributed by atoms with Gasteiger partial charge >= 0.3 is 0 Å². The number of methoxy groups -OCH3 is 1. The van der Waals surface area contributed by atoms with Crippen LogP contribution in [0.1, 0.15) is 21.2 Å². The zero-order valence-corrected chi connectivity index (χ0v) is 11.2. The van der Waals surface area contributed by atoms with Crippen molar-refractivity contribution in [3.63, 3.8) is 0 Å². The van der Waals surface area contributed by atoms with E-state index < -0.39 is 23.3 Å². The molecule has 0 amide bonds. The van der Waals surface area contributed by atoms with Gasteiger partial charge in [0.2, 0.25) is 0 Å². The fraction of sp³-hybridized carbons (Fsp3) is 0.143.